The second-order valence-electron chi connectivity index (χ2n) is 11.2. The molecule has 0 amide bonds. The van der Waals surface area contributed by atoms with E-state index in [2.05, 4.69) is 73.8 Å². The summed E-state index contributed by atoms with van der Waals surface area (Å²) in [6, 6.07) is 8.24. The molecule has 0 saturated carbocycles. The van der Waals surface area contributed by atoms with Gasteiger partial charge in [-0.2, -0.15) is 9.61 Å². The lowest BCUT2D eigenvalue weighted by Crippen LogP contribution is -2.45. The molecule has 0 aliphatic carbocycles. The molecule has 1 aromatic carbocycles. The van der Waals surface area contributed by atoms with E-state index in [9.17, 15) is 0 Å². The first kappa shape index (κ1) is 21.3. The van der Waals surface area contributed by atoms with E-state index in [0.29, 0.717) is 5.82 Å². The highest BCUT2D eigenvalue weighted by atomic mass is 15.4. The maximum Gasteiger partial charge on any atom is 0.203 e. The van der Waals surface area contributed by atoms with Gasteiger partial charge in [0.15, 0.2) is 5.65 Å². The molecule has 6 heteroatoms. The smallest absolute Gasteiger partial charge is 0.203 e. The normalized spacial score (nSPS) is 19.0. The first-order chi connectivity index (χ1) is 16.2. The Kier molecular flexibility index (Phi) is 4.45. The summed E-state index contributed by atoms with van der Waals surface area (Å²) >= 11 is 0. The number of fused-ring (bicyclic) bond motifs is 1. The molecule has 6 nitrogen and oxygen atoms in total. The van der Waals surface area contributed by atoms with Gasteiger partial charge in [0.25, 0.3) is 0 Å². The lowest BCUT2D eigenvalue weighted by Gasteiger charge is -2.49. The number of rotatable bonds is 2. The number of aryl methyl sites for hydroxylation is 1. The van der Waals surface area contributed by atoms with Crippen molar-refractivity contribution in [2.24, 2.45) is 0 Å². The molecule has 4 aromatic rings. The summed E-state index contributed by atoms with van der Waals surface area (Å²) in [5.74, 6) is 0.675. The SMILES string of the molecule is Cc1c(C=c2c(C)nn3c(-c4ccccn4)nnc23)cc2c3c1C(C)(C)CCN3CCC2(C)C. The molecule has 5 heterocycles. The third kappa shape index (κ3) is 3.00. The molecule has 174 valence electrons. The van der Waals surface area contributed by atoms with Crippen molar-refractivity contribution >= 4 is 17.4 Å². The molecule has 0 spiro atoms. The second-order valence-corrected chi connectivity index (χ2v) is 11.2. The Morgan fingerprint density at radius 2 is 1.74 bits per heavy atom. The fourth-order valence-corrected chi connectivity index (χ4v) is 5.92. The van der Waals surface area contributed by atoms with Crippen molar-refractivity contribution in [3.8, 4) is 11.5 Å². The van der Waals surface area contributed by atoms with Crippen molar-refractivity contribution in [1.82, 2.24) is 24.8 Å². The van der Waals surface area contributed by atoms with Crippen LogP contribution in [0.2, 0.25) is 0 Å². The summed E-state index contributed by atoms with van der Waals surface area (Å²) in [6.07, 6.45) is 6.42. The van der Waals surface area contributed by atoms with Gasteiger partial charge < -0.3 is 4.90 Å². The highest BCUT2D eigenvalue weighted by molar-refractivity contribution is 5.75. The number of aromatic nitrogens is 5. The molecule has 0 atom stereocenters. The van der Waals surface area contributed by atoms with Gasteiger partial charge in [-0.1, -0.05) is 33.8 Å². The molecular formula is C28H32N6. The molecule has 6 rings (SSSR count). The van der Waals surface area contributed by atoms with E-state index in [1.165, 1.54) is 40.8 Å². The Bertz CT molecular complexity index is 1480. The van der Waals surface area contributed by atoms with Crippen molar-refractivity contribution in [3.63, 3.8) is 0 Å². The molecular weight excluding hydrogens is 420 g/mol. The summed E-state index contributed by atoms with van der Waals surface area (Å²) in [6.45, 7) is 16.2. The van der Waals surface area contributed by atoms with Crippen LogP contribution in [0.1, 0.15) is 68.5 Å². The van der Waals surface area contributed by atoms with Crippen LogP contribution in [0, 0.1) is 13.8 Å². The lowest BCUT2D eigenvalue weighted by atomic mass is 9.67. The summed E-state index contributed by atoms with van der Waals surface area (Å²) in [5.41, 5.74) is 9.92. The number of hydrogen-bond donors (Lipinski definition) is 0. The molecule has 34 heavy (non-hydrogen) atoms. The molecule has 0 radical (unpaired) electrons. The third-order valence-electron chi connectivity index (χ3n) is 8.05. The van der Waals surface area contributed by atoms with Crippen molar-refractivity contribution < 1.29 is 0 Å². The first-order valence-electron chi connectivity index (χ1n) is 12.3. The van der Waals surface area contributed by atoms with Crippen molar-refractivity contribution in [2.45, 2.75) is 65.2 Å². The minimum absolute atomic E-state index is 0.150. The van der Waals surface area contributed by atoms with Crippen LogP contribution in [0.3, 0.4) is 0 Å². The van der Waals surface area contributed by atoms with Gasteiger partial charge in [-0.25, -0.2) is 0 Å². The molecule has 0 saturated heterocycles. The van der Waals surface area contributed by atoms with Crippen LogP contribution in [0.4, 0.5) is 5.69 Å². The van der Waals surface area contributed by atoms with Gasteiger partial charge in [0.2, 0.25) is 5.82 Å². The quantitative estimate of drug-likeness (QED) is 0.448. The Labute approximate surface area is 200 Å². The largest absolute Gasteiger partial charge is 0.371 e. The minimum Gasteiger partial charge on any atom is -0.371 e. The van der Waals surface area contributed by atoms with Gasteiger partial charge in [-0.05, 0) is 84.0 Å². The van der Waals surface area contributed by atoms with E-state index < -0.39 is 0 Å². The second kappa shape index (κ2) is 7.11. The average Bonchev–Trinajstić information content (AvgIpc) is 3.33. The Balaban J connectivity index is 1.61. The highest BCUT2D eigenvalue weighted by Gasteiger charge is 2.41. The van der Waals surface area contributed by atoms with Crippen LogP contribution in [0.5, 0.6) is 0 Å². The highest BCUT2D eigenvalue weighted by Crippen LogP contribution is 2.51. The summed E-state index contributed by atoms with van der Waals surface area (Å²) in [7, 11) is 0. The van der Waals surface area contributed by atoms with Crippen LogP contribution in [0.15, 0.2) is 30.5 Å². The van der Waals surface area contributed by atoms with E-state index >= 15 is 0 Å². The summed E-state index contributed by atoms with van der Waals surface area (Å²) < 4.78 is 1.83. The topological polar surface area (TPSA) is 59.2 Å². The zero-order valence-corrected chi connectivity index (χ0v) is 21.0. The molecule has 3 aromatic heterocycles. The predicted octanol–water partition coefficient (Wildman–Crippen LogP) is 4.52. The number of nitrogens with zero attached hydrogens (tertiary/aromatic N) is 6. The van der Waals surface area contributed by atoms with Gasteiger partial charge in [-0.3, -0.25) is 4.98 Å². The van der Waals surface area contributed by atoms with Gasteiger partial charge in [0.05, 0.1) is 5.69 Å². The van der Waals surface area contributed by atoms with Crippen LogP contribution in [0.25, 0.3) is 23.2 Å². The van der Waals surface area contributed by atoms with Gasteiger partial charge in [0, 0.05) is 30.2 Å². The minimum atomic E-state index is 0.150. The molecule has 0 fully saturated rings. The summed E-state index contributed by atoms with van der Waals surface area (Å²) in [5, 5.41) is 14.8. The number of pyridine rings is 1. The fraction of sp³-hybridized carbons (Fsp3) is 0.429. The molecule has 0 unspecified atom stereocenters. The van der Waals surface area contributed by atoms with E-state index in [-0.39, 0.29) is 10.8 Å². The van der Waals surface area contributed by atoms with Crippen LogP contribution >= 0.6 is 0 Å². The fourth-order valence-electron chi connectivity index (χ4n) is 5.92. The monoisotopic (exact) mass is 452 g/mol. The van der Waals surface area contributed by atoms with Gasteiger partial charge in [-0.15, -0.1) is 10.2 Å². The van der Waals surface area contributed by atoms with Gasteiger partial charge in [0.1, 0.15) is 5.69 Å². The van der Waals surface area contributed by atoms with E-state index in [1.54, 1.807) is 6.20 Å². The van der Waals surface area contributed by atoms with E-state index in [4.69, 9.17) is 5.10 Å². The Hall–Kier alpha value is -3.28. The Morgan fingerprint density at radius 1 is 0.971 bits per heavy atom. The molecule has 2 aliphatic heterocycles. The van der Waals surface area contributed by atoms with Gasteiger partial charge >= 0.3 is 0 Å². The van der Waals surface area contributed by atoms with Crippen LogP contribution in [-0.2, 0) is 10.8 Å². The zero-order chi connectivity index (χ0) is 23.8. The number of anilines is 1. The predicted molar refractivity (Wildman–Crippen MR) is 136 cm³/mol. The lowest BCUT2D eigenvalue weighted by molar-refractivity contribution is 0.400. The Morgan fingerprint density at radius 3 is 2.47 bits per heavy atom. The van der Waals surface area contributed by atoms with E-state index in [1.807, 2.05) is 22.7 Å². The maximum atomic E-state index is 4.80. The number of hydrogen-bond acceptors (Lipinski definition) is 5. The van der Waals surface area contributed by atoms with Crippen molar-refractivity contribution in [1.29, 1.82) is 0 Å². The molecule has 2 aliphatic rings. The van der Waals surface area contributed by atoms with Crippen molar-refractivity contribution in [2.75, 3.05) is 18.0 Å². The van der Waals surface area contributed by atoms with Crippen molar-refractivity contribution in [3.05, 3.63) is 63.6 Å². The third-order valence-corrected chi connectivity index (χ3v) is 8.05. The standard InChI is InChI=1S/C28H32N6/c1-17-19(16-21-24-23(17)28(5,6)11-14-33(24)13-10-27(21,3)4)15-20-18(2)32-34-25(20)30-31-26(34)22-9-7-8-12-29-22/h7-9,12,15-16H,10-11,13-14H2,1-6H3. The average molecular weight is 453 g/mol. The van der Waals surface area contributed by atoms with Crippen LogP contribution in [-0.4, -0.2) is 37.9 Å². The first-order valence-corrected chi connectivity index (χ1v) is 12.3. The maximum absolute atomic E-state index is 4.80. The molecule has 0 N–H and O–H groups in total. The van der Waals surface area contributed by atoms with Crippen LogP contribution < -0.4 is 10.1 Å². The molecule has 0 bridgehead atoms. The number of benzene rings is 1. The zero-order valence-electron chi connectivity index (χ0n) is 21.0. The van der Waals surface area contributed by atoms with E-state index in [0.717, 1.165) is 35.3 Å². The summed E-state index contributed by atoms with van der Waals surface area (Å²) in [4.78, 5) is 7.07.